The molecular weight excluding hydrogens is 585 g/mol. The van der Waals surface area contributed by atoms with Crippen molar-refractivity contribution < 1.29 is 18.5 Å². The van der Waals surface area contributed by atoms with Crippen molar-refractivity contribution in [3.05, 3.63) is 87.9 Å². The molecular formula is C35H41FN7O3+. The van der Waals surface area contributed by atoms with Crippen molar-refractivity contribution in [3.63, 3.8) is 0 Å². The Morgan fingerprint density at radius 1 is 1.02 bits per heavy atom. The van der Waals surface area contributed by atoms with Crippen molar-refractivity contribution in [3.8, 4) is 0 Å². The quantitative estimate of drug-likeness (QED) is 0.172. The van der Waals surface area contributed by atoms with Crippen molar-refractivity contribution in [1.29, 1.82) is 0 Å². The average molecular weight is 627 g/mol. The number of fused-ring (bicyclic) bond motifs is 2. The monoisotopic (exact) mass is 626 g/mol. The Morgan fingerprint density at radius 2 is 1.80 bits per heavy atom. The van der Waals surface area contributed by atoms with E-state index in [2.05, 4.69) is 44.9 Å². The highest BCUT2D eigenvalue weighted by molar-refractivity contribution is 5.84. The molecule has 1 fully saturated rings. The summed E-state index contributed by atoms with van der Waals surface area (Å²) >= 11 is 0. The second-order valence-corrected chi connectivity index (χ2v) is 11.7. The summed E-state index contributed by atoms with van der Waals surface area (Å²) in [6.07, 6.45) is 6.24. The predicted octanol–water partition coefficient (Wildman–Crippen LogP) is 4.22. The molecule has 6 rings (SSSR count). The zero-order valence-electron chi connectivity index (χ0n) is 26.7. The molecule has 0 saturated carbocycles. The fraction of sp³-hybridized carbons (Fsp3) is 0.371. The number of pyridine rings is 1. The number of rotatable bonds is 11. The summed E-state index contributed by atoms with van der Waals surface area (Å²) in [7, 11) is 1.95. The van der Waals surface area contributed by atoms with Crippen molar-refractivity contribution >= 4 is 45.4 Å². The molecule has 3 aromatic heterocycles. The van der Waals surface area contributed by atoms with Crippen LogP contribution in [0, 0.1) is 5.82 Å². The first-order valence-electron chi connectivity index (χ1n) is 16.0. The predicted molar refractivity (Wildman–Crippen MR) is 179 cm³/mol. The molecule has 10 nitrogen and oxygen atoms in total. The molecule has 46 heavy (non-hydrogen) atoms. The lowest BCUT2D eigenvalue weighted by Gasteiger charge is -2.35. The van der Waals surface area contributed by atoms with Crippen LogP contribution in [0.5, 0.6) is 0 Å². The molecule has 0 atom stereocenters. The highest BCUT2D eigenvalue weighted by Crippen LogP contribution is 2.27. The molecule has 0 bridgehead atoms. The summed E-state index contributed by atoms with van der Waals surface area (Å²) < 4.78 is 24.9. The molecule has 0 spiro atoms. The van der Waals surface area contributed by atoms with Gasteiger partial charge in [0, 0.05) is 106 Å². The van der Waals surface area contributed by atoms with Gasteiger partial charge in [-0.1, -0.05) is 5.21 Å². The van der Waals surface area contributed by atoms with Crippen molar-refractivity contribution in [2.24, 2.45) is 7.05 Å². The summed E-state index contributed by atoms with van der Waals surface area (Å²) in [5.74, 6) is -0.242. The molecule has 4 heterocycles. The molecule has 0 amide bonds. The van der Waals surface area contributed by atoms with Gasteiger partial charge in [-0.25, -0.2) is 9.18 Å². The van der Waals surface area contributed by atoms with E-state index in [4.69, 9.17) is 9.52 Å². The third-order valence-corrected chi connectivity index (χ3v) is 8.82. The van der Waals surface area contributed by atoms with Gasteiger partial charge in [0.25, 0.3) is 0 Å². The second-order valence-electron chi connectivity index (χ2n) is 11.7. The minimum atomic E-state index is -0.390. The van der Waals surface area contributed by atoms with Gasteiger partial charge in [0.05, 0.1) is 16.9 Å². The molecule has 1 aliphatic rings. The maximum Gasteiger partial charge on any atom is 0.343 e. The fourth-order valence-electron chi connectivity index (χ4n) is 6.15. The maximum absolute atomic E-state index is 15.4. The summed E-state index contributed by atoms with van der Waals surface area (Å²) in [6.45, 7) is 10.3. The number of hydrogen-bond donors (Lipinski definition) is 1. The Morgan fingerprint density at radius 3 is 2.57 bits per heavy atom. The lowest BCUT2D eigenvalue weighted by molar-refractivity contribution is -0.646. The number of halogens is 1. The van der Waals surface area contributed by atoms with Gasteiger partial charge in [0.1, 0.15) is 18.4 Å². The molecule has 1 N–H and O–H groups in total. The number of benzene rings is 2. The van der Waals surface area contributed by atoms with E-state index >= 15 is 4.39 Å². The van der Waals surface area contributed by atoms with Crippen LogP contribution < -0.4 is 20.0 Å². The van der Waals surface area contributed by atoms with Gasteiger partial charge >= 0.3 is 5.63 Å². The summed E-state index contributed by atoms with van der Waals surface area (Å²) in [5, 5.41) is 19.1. The molecule has 2 aromatic carbocycles. The Kier molecular flexibility index (Phi) is 9.41. The molecule has 0 aliphatic carbocycles. The molecule has 11 heteroatoms. The molecule has 240 valence electrons. The third kappa shape index (κ3) is 6.66. The summed E-state index contributed by atoms with van der Waals surface area (Å²) in [4.78, 5) is 19.5. The van der Waals surface area contributed by atoms with Crippen LogP contribution in [0.4, 0.5) is 15.8 Å². The number of anilines is 2. The zero-order chi connectivity index (χ0) is 32.2. The molecule has 1 saturated heterocycles. The Labute approximate surface area is 267 Å². The zero-order valence-corrected chi connectivity index (χ0v) is 26.7. The molecule has 0 radical (unpaired) electrons. The van der Waals surface area contributed by atoms with Gasteiger partial charge in [-0.2, -0.15) is 4.57 Å². The first-order valence-corrected chi connectivity index (χ1v) is 16.0. The van der Waals surface area contributed by atoms with E-state index in [0.29, 0.717) is 49.4 Å². The number of piperazine rings is 1. The number of hydrogen-bond acceptors (Lipinski definition) is 8. The molecule has 0 unspecified atom stereocenters. The number of aliphatic hydroxyl groups excluding tert-OH is 1. The summed E-state index contributed by atoms with van der Waals surface area (Å²) in [5.41, 5.74) is 4.92. The fourth-order valence-corrected chi connectivity index (χ4v) is 6.15. The van der Waals surface area contributed by atoms with Gasteiger partial charge in [-0.05, 0) is 56.7 Å². The first-order chi connectivity index (χ1) is 22.4. The molecule has 5 aromatic rings. The van der Waals surface area contributed by atoms with Crippen molar-refractivity contribution in [2.45, 2.75) is 33.4 Å². The van der Waals surface area contributed by atoms with Crippen LogP contribution in [0.3, 0.4) is 0 Å². The molecule has 1 aliphatic heterocycles. The van der Waals surface area contributed by atoms with Crippen LogP contribution in [-0.2, 0) is 20.1 Å². The number of nitrogens with zero attached hydrogens (tertiary/aromatic N) is 7. The van der Waals surface area contributed by atoms with Crippen molar-refractivity contribution in [1.82, 2.24) is 19.9 Å². The minimum absolute atomic E-state index is 0.126. The van der Waals surface area contributed by atoms with E-state index in [1.165, 1.54) is 0 Å². The standard InChI is InChI=1S/C35H41FN7O3/c1-4-41(5-2)30-12-8-26-19-27(35(45)46-34(26)21-30)9-11-29-10-7-25-20-31(36)33(22-32(25)39(29)3)42-16-14-40(15-17-42)23-28-24-43(38-37-28)13-6-18-44/h7-12,19-22,24,44H,4-6,13-18,23H2,1-3H3/q+1. The highest BCUT2D eigenvalue weighted by atomic mass is 19.1. The Hall–Kier alpha value is -4.61. The van der Waals surface area contributed by atoms with Crippen LogP contribution >= 0.6 is 0 Å². The van der Waals surface area contributed by atoms with E-state index in [0.717, 1.165) is 59.5 Å². The van der Waals surface area contributed by atoms with Gasteiger partial charge in [0.15, 0.2) is 0 Å². The number of aryl methyl sites for hydroxylation is 2. The smallest absolute Gasteiger partial charge is 0.343 e. The van der Waals surface area contributed by atoms with E-state index in [1.807, 2.05) is 60.3 Å². The van der Waals surface area contributed by atoms with Gasteiger partial charge in [-0.15, -0.1) is 5.10 Å². The third-order valence-electron chi connectivity index (χ3n) is 8.82. The Bertz CT molecular complexity index is 1920. The van der Waals surface area contributed by atoms with Crippen LogP contribution in [0.2, 0.25) is 0 Å². The average Bonchev–Trinajstić information content (AvgIpc) is 3.51. The van der Waals surface area contributed by atoms with Crippen LogP contribution in [-0.4, -0.2) is 70.9 Å². The van der Waals surface area contributed by atoms with E-state index in [9.17, 15) is 4.79 Å². The van der Waals surface area contributed by atoms with E-state index in [-0.39, 0.29) is 12.4 Å². The largest absolute Gasteiger partial charge is 0.422 e. The second kappa shape index (κ2) is 13.8. The van der Waals surface area contributed by atoms with Crippen LogP contribution in [0.25, 0.3) is 34.0 Å². The van der Waals surface area contributed by atoms with E-state index < -0.39 is 5.63 Å². The lowest BCUT2D eigenvalue weighted by atomic mass is 10.1. The van der Waals surface area contributed by atoms with Crippen LogP contribution in [0.15, 0.2) is 63.9 Å². The van der Waals surface area contributed by atoms with E-state index in [1.54, 1.807) is 16.8 Å². The Balaban J connectivity index is 1.18. The lowest BCUT2D eigenvalue weighted by Crippen LogP contribution is -2.46. The van der Waals surface area contributed by atoms with Gasteiger partial charge in [-0.3, -0.25) is 9.58 Å². The topological polar surface area (TPSA) is 94.8 Å². The van der Waals surface area contributed by atoms with Crippen LogP contribution in [0.1, 0.15) is 37.2 Å². The SMILES string of the molecule is CCN(CC)c1ccc2cc(/C=C/c3ccc4cc(F)c(N5CCN(Cc6cn(CCCO)nn6)CC5)cc4[n+]3C)c(=O)oc2c1. The first kappa shape index (κ1) is 31.4. The highest BCUT2D eigenvalue weighted by Gasteiger charge is 2.23. The van der Waals surface area contributed by atoms with Crippen molar-refractivity contribution in [2.75, 3.05) is 55.7 Å². The number of aliphatic hydroxyl groups is 1. The maximum atomic E-state index is 15.4. The number of aromatic nitrogens is 4. The van der Waals surface area contributed by atoms with Gasteiger partial charge < -0.3 is 19.3 Å². The summed E-state index contributed by atoms with van der Waals surface area (Å²) in [6, 6.07) is 15.2. The normalized spacial score (nSPS) is 14.2. The van der Waals surface area contributed by atoms with Gasteiger partial charge in [0.2, 0.25) is 11.2 Å². The minimum Gasteiger partial charge on any atom is -0.422 e.